The van der Waals surface area contributed by atoms with Crippen molar-refractivity contribution in [2.45, 2.75) is 13.5 Å². The maximum atomic E-state index is 11.9. The van der Waals surface area contributed by atoms with Crippen molar-refractivity contribution in [1.82, 2.24) is 9.55 Å². The Hall–Kier alpha value is -2.63. The molecule has 0 saturated heterocycles. The van der Waals surface area contributed by atoms with Gasteiger partial charge in [-0.25, -0.2) is 9.59 Å². The van der Waals surface area contributed by atoms with Crippen molar-refractivity contribution in [3.8, 4) is 0 Å². The van der Waals surface area contributed by atoms with Gasteiger partial charge >= 0.3 is 11.7 Å². The fraction of sp³-hybridized carbons (Fsp3) is 0.154. The summed E-state index contributed by atoms with van der Waals surface area (Å²) in [6.07, 6.45) is 1.34. The van der Waals surface area contributed by atoms with Gasteiger partial charge in [-0.2, -0.15) is 0 Å². The number of aromatic nitrogens is 2. The number of aromatic amines is 1. The van der Waals surface area contributed by atoms with E-state index in [4.69, 9.17) is 5.11 Å². The van der Waals surface area contributed by atoms with Crippen LogP contribution in [0.4, 0.5) is 0 Å². The summed E-state index contributed by atoms with van der Waals surface area (Å²) >= 11 is 0. The molecule has 0 aliphatic heterocycles. The van der Waals surface area contributed by atoms with E-state index in [9.17, 15) is 14.4 Å². The van der Waals surface area contributed by atoms with Crippen LogP contribution in [0.3, 0.4) is 0 Å². The van der Waals surface area contributed by atoms with Crippen LogP contribution < -0.4 is 11.2 Å². The number of aromatic carboxylic acids is 1. The summed E-state index contributed by atoms with van der Waals surface area (Å²) in [5.74, 6) is -1.09. The fourth-order valence-electron chi connectivity index (χ4n) is 1.80. The molecule has 98 valence electrons. The molecule has 0 atom stereocenters. The third kappa shape index (κ3) is 2.47. The van der Waals surface area contributed by atoms with Crippen molar-refractivity contribution < 1.29 is 9.90 Å². The highest BCUT2D eigenvalue weighted by Gasteiger charge is 2.12. The SMILES string of the molecule is Cc1c[nH]c(=O)n(Cc2ccccc2C(=O)O)c1=O. The number of rotatable bonds is 3. The Bertz CT molecular complexity index is 743. The summed E-state index contributed by atoms with van der Waals surface area (Å²) in [4.78, 5) is 37.0. The molecule has 2 N–H and O–H groups in total. The Kier molecular flexibility index (Phi) is 3.33. The lowest BCUT2D eigenvalue weighted by Crippen LogP contribution is -2.36. The van der Waals surface area contributed by atoms with Crippen LogP contribution in [-0.4, -0.2) is 20.6 Å². The lowest BCUT2D eigenvalue weighted by molar-refractivity contribution is 0.0695. The van der Waals surface area contributed by atoms with Crippen molar-refractivity contribution in [1.29, 1.82) is 0 Å². The molecule has 6 heteroatoms. The molecular weight excluding hydrogens is 248 g/mol. The highest BCUT2D eigenvalue weighted by Crippen LogP contribution is 2.09. The molecule has 0 spiro atoms. The minimum Gasteiger partial charge on any atom is -0.478 e. The summed E-state index contributed by atoms with van der Waals surface area (Å²) in [5.41, 5.74) is -0.101. The summed E-state index contributed by atoms with van der Waals surface area (Å²) in [6, 6.07) is 6.28. The predicted molar refractivity (Wildman–Crippen MR) is 68.6 cm³/mol. The minimum atomic E-state index is -1.09. The molecule has 2 rings (SSSR count). The molecule has 6 nitrogen and oxygen atoms in total. The second kappa shape index (κ2) is 4.93. The quantitative estimate of drug-likeness (QED) is 0.844. The van der Waals surface area contributed by atoms with Gasteiger partial charge in [0.15, 0.2) is 0 Å². The number of carbonyl (C=O) groups is 1. The summed E-state index contributed by atoms with van der Waals surface area (Å²) in [7, 11) is 0. The van der Waals surface area contributed by atoms with Crippen molar-refractivity contribution in [3.05, 3.63) is 68.0 Å². The molecule has 0 bridgehead atoms. The number of carboxylic acid groups (broad SMARTS) is 1. The molecular formula is C13H12N2O4. The number of nitrogens with zero attached hydrogens (tertiary/aromatic N) is 1. The fourth-order valence-corrected chi connectivity index (χ4v) is 1.80. The van der Waals surface area contributed by atoms with Gasteiger partial charge in [0, 0.05) is 11.8 Å². The molecule has 2 aromatic rings. The van der Waals surface area contributed by atoms with Gasteiger partial charge in [0.1, 0.15) is 0 Å². The molecule has 1 aromatic carbocycles. The Morgan fingerprint density at radius 3 is 2.68 bits per heavy atom. The first-order valence-corrected chi connectivity index (χ1v) is 5.61. The first kappa shape index (κ1) is 12.8. The number of carboxylic acids is 1. The number of hydrogen-bond acceptors (Lipinski definition) is 3. The van der Waals surface area contributed by atoms with Gasteiger partial charge in [-0.05, 0) is 18.6 Å². The topological polar surface area (TPSA) is 92.2 Å². The van der Waals surface area contributed by atoms with Gasteiger partial charge in [0.25, 0.3) is 5.56 Å². The second-order valence-corrected chi connectivity index (χ2v) is 4.13. The molecule has 0 saturated carbocycles. The molecule has 19 heavy (non-hydrogen) atoms. The Morgan fingerprint density at radius 2 is 2.00 bits per heavy atom. The maximum absolute atomic E-state index is 11.9. The lowest BCUT2D eigenvalue weighted by Gasteiger charge is -2.08. The van der Waals surface area contributed by atoms with E-state index in [-0.39, 0.29) is 12.1 Å². The lowest BCUT2D eigenvalue weighted by atomic mass is 10.1. The number of nitrogens with one attached hydrogen (secondary N) is 1. The average molecular weight is 260 g/mol. The van der Waals surface area contributed by atoms with E-state index < -0.39 is 17.2 Å². The number of aryl methyl sites for hydroxylation is 1. The minimum absolute atomic E-state index is 0.0711. The predicted octanol–water partition coefficient (Wildman–Crippen LogP) is 0.592. The van der Waals surface area contributed by atoms with Crippen LogP contribution in [0, 0.1) is 6.92 Å². The standard InChI is InChI=1S/C13H12N2O4/c1-8-6-14-13(19)15(11(8)16)7-9-4-2-3-5-10(9)12(17)18/h2-6H,7H2,1H3,(H,14,19)(H,17,18). The zero-order valence-corrected chi connectivity index (χ0v) is 10.2. The van der Waals surface area contributed by atoms with Crippen LogP contribution in [0.15, 0.2) is 40.1 Å². The van der Waals surface area contributed by atoms with E-state index in [1.165, 1.54) is 12.3 Å². The molecule has 1 aromatic heterocycles. The van der Waals surface area contributed by atoms with E-state index >= 15 is 0 Å². The normalized spacial score (nSPS) is 10.4. The van der Waals surface area contributed by atoms with Crippen LogP contribution in [0.5, 0.6) is 0 Å². The average Bonchev–Trinajstić information content (AvgIpc) is 2.39. The first-order chi connectivity index (χ1) is 9.00. The number of H-pyrrole nitrogens is 1. The van der Waals surface area contributed by atoms with Crippen molar-refractivity contribution in [3.63, 3.8) is 0 Å². The van der Waals surface area contributed by atoms with E-state index in [1.807, 2.05) is 0 Å². The first-order valence-electron chi connectivity index (χ1n) is 5.61. The van der Waals surface area contributed by atoms with Crippen LogP contribution in [0.2, 0.25) is 0 Å². The zero-order chi connectivity index (χ0) is 14.0. The summed E-state index contributed by atoms with van der Waals surface area (Å²) in [6.45, 7) is 1.51. The maximum Gasteiger partial charge on any atom is 0.336 e. The van der Waals surface area contributed by atoms with Gasteiger partial charge in [-0.1, -0.05) is 18.2 Å². The smallest absolute Gasteiger partial charge is 0.336 e. The summed E-state index contributed by atoms with van der Waals surface area (Å²) in [5, 5.41) is 9.06. The third-order valence-electron chi connectivity index (χ3n) is 2.82. The van der Waals surface area contributed by atoms with Gasteiger partial charge in [0.2, 0.25) is 0 Å². The van der Waals surface area contributed by atoms with E-state index in [2.05, 4.69) is 4.98 Å². The highest BCUT2D eigenvalue weighted by atomic mass is 16.4. The van der Waals surface area contributed by atoms with Crippen molar-refractivity contribution in [2.75, 3.05) is 0 Å². The Labute approximate surface area is 108 Å². The van der Waals surface area contributed by atoms with Gasteiger partial charge in [-0.15, -0.1) is 0 Å². The number of benzene rings is 1. The van der Waals surface area contributed by atoms with Crippen LogP contribution in [-0.2, 0) is 6.54 Å². The molecule has 0 unspecified atom stereocenters. The molecule has 0 aliphatic rings. The molecule has 0 fully saturated rings. The van der Waals surface area contributed by atoms with Gasteiger partial charge in [-0.3, -0.25) is 9.36 Å². The van der Waals surface area contributed by atoms with E-state index in [1.54, 1.807) is 25.1 Å². The zero-order valence-electron chi connectivity index (χ0n) is 10.2. The monoisotopic (exact) mass is 260 g/mol. The van der Waals surface area contributed by atoms with E-state index in [0.29, 0.717) is 11.1 Å². The van der Waals surface area contributed by atoms with Crippen molar-refractivity contribution >= 4 is 5.97 Å². The molecule has 0 amide bonds. The third-order valence-corrected chi connectivity index (χ3v) is 2.82. The van der Waals surface area contributed by atoms with Crippen molar-refractivity contribution in [2.24, 2.45) is 0 Å². The van der Waals surface area contributed by atoms with Crippen LogP contribution in [0.1, 0.15) is 21.5 Å². The molecule has 1 heterocycles. The van der Waals surface area contributed by atoms with E-state index in [0.717, 1.165) is 4.57 Å². The summed E-state index contributed by atoms with van der Waals surface area (Å²) < 4.78 is 0.983. The van der Waals surface area contributed by atoms with Crippen LogP contribution >= 0.6 is 0 Å². The molecule has 0 aliphatic carbocycles. The Morgan fingerprint density at radius 1 is 1.32 bits per heavy atom. The Balaban J connectivity index is 2.54. The second-order valence-electron chi connectivity index (χ2n) is 4.13. The highest BCUT2D eigenvalue weighted by molar-refractivity contribution is 5.89. The van der Waals surface area contributed by atoms with Gasteiger partial charge in [0.05, 0.1) is 12.1 Å². The molecule has 0 radical (unpaired) electrons. The van der Waals surface area contributed by atoms with Gasteiger partial charge < -0.3 is 10.1 Å². The van der Waals surface area contributed by atoms with Crippen LogP contribution in [0.25, 0.3) is 0 Å². The largest absolute Gasteiger partial charge is 0.478 e. The number of hydrogen-bond donors (Lipinski definition) is 2.